The summed E-state index contributed by atoms with van der Waals surface area (Å²) in [7, 11) is 0. The van der Waals surface area contributed by atoms with E-state index in [1.54, 1.807) is 31.2 Å². The minimum atomic E-state index is -2.08. The van der Waals surface area contributed by atoms with Gasteiger partial charge in [-0.2, -0.15) is 0 Å². The van der Waals surface area contributed by atoms with Crippen molar-refractivity contribution >= 4 is 23.5 Å². The summed E-state index contributed by atoms with van der Waals surface area (Å²) in [5.74, 6) is -1.79. The summed E-state index contributed by atoms with van der Waals surface area (Å²) in [6, 6.07) is 6.81. The Labute approximate surface area is 136 Å². The van der Waals surface area contributed by atoms with Gasteiger partial charge in [-0.25, -0.2) is 4.79 Å². The lowest BCUT2D eigenvalue weighted by atomic mass is 10.0. The molecule has 1 heterocycles. The Morgan fingerprint density at radius 1 is 1.39 bits per heavy atom. The highest BCUT2D eigenvalue weighted by atomic mass is 35.5. The molecular weight excluding hydrogens is 324 g/mol. The van der Waals surface area contributed by atoms with E-state index in [-0.39, 0.29) is 17.0 Å². The quantitative estimate of drug-likeness (QED) is 0.767. The van der Waals surface area contributed by atoms with Crippen molar-refractivity contribution in [1.29, 1.82) is 0 Å². The maximum atomic E-state index is 12.3. The highest BCUT2D eigenvalue weighted by Crippen LogP contribution is 2.30. The second-order valence-corrected chi connectivity index (χ2v) is 5.61. The third kappa shape index (κ3) is 3.52. The van der Waals surface area contributed by atoms with E-state index in [4.69, 9.17) is 21.2 Å². The number of hydrogen-bond acceptors (Lipinski definition) is 5. The number of carbonyl (C=O) groups is 2. The molecule has 1 amide bonds. The third-order valence-corrected chi connectivity index (χ3v) is 3.60. The van der Waals surface area contributed by atoms with Gasteiger partial charge in [0.1, 0.15) is 17.0 Å². The molecule has 122 valence electrons. The molecule has 0 fully saturated rings. The number of carboxylic acid groups (broad SMARTS) is 1. The molecule has 8 heteroatoms. The lowest BCUT2D eigenvalue weighted by Crippen LogP contribution is -2.46. The van der Waals surface area contributed by atoms with E-state index < -0.39 is 24.0 Å². The van der Waals surface area contributed by atoms with Gasteiger partial charge in [0.2, 0.25) is 0 Å². The predicted molar refractivity (Wildman–Crippen MR) is 82.3 cm³/mol. The van der Waals surface area contributed by atoms with Gasteiger partial charge in [-0.3, -0.25) is 4.79 Å². The van der Waals surface area contributed by atoms with Crippen molar-refractivity contribution in [2.45, 2.75) is 19.4 Å². The lowest BCUT2D eigenvalue weighted by Gasteiger charge is -2.18. The van der Waals surface area contributed by atoms with Gasteiger partial charge in [0.05, 0.1) is 11.6 Å². The molecule has 0 aliphatic heterocycles. The summed E-state index contributed by atoms with van der Waals surface area (Å²) in [5, 5.41) is 25.1. The number of hydrogen-bond donors (Lipinski definition) is 3. The summed E-state index contributed by atoms with van der Waals surface area (Å²) in [6.45, 7) is 2.18. The predicted octanol–water partition coefficient (Wildman–Crippen LogP) is 1.87. The van der Waals surface area contributed by atoms with Crippen LogP contribution in [-0.4, -0.2) is 39.4 Å². The van der Waals surface area contributed by atoms with Crippen molar-refractivity contribution in [3.8, 4) is 11.3 Å². The number of nitrogens with one attached hydrogen (secondary N) is 1. The van der Waals surface area contributed by atoms with Crippen LogP contribution in [0.5, 0.6) is 0 Å². The Balaban J connectivity index is 2.31. The van der Waals surface area contributed by atoms with E-state index in [9.17, 15) is 14.7 Å². The summed E-state index contributed by atoms with van der Waals surface area (Å²) in [5.41, 5.74) is -1.17. The van der Waals surface area contributed by atoms with Crippen LogP contribution in [0.3, 0.4) is 0 Å². The summed E-state index contributed by atoms with van der Waals surface area (Å²) >= 11 is 6.10. The Morgan fingerprint density at radius 2 is 2.04 bits per heavy atom. The fourth-order valence-corrected chi connectivity index (χ4v) is 2.12. The fraction of sp³-hybridized carbons (Fsp3) is 0.267. The molecular formula is C15H15ClN2O5. The van der Waals surface area contributed by atoms with E-state index in [0.717, 1.165) is 6.92 Å². The largest absolute Gasteiger partial charge is 0.479 e. The summed E-state index contributed by atoms with van der Waals surface area (Å²) in [4.78, 5) is 23.2. The molecule has 1 aromatic carbocycles. The molecule has 1 atom stereocenters. The zero-order valence-electron chi connectivity index (χ0n) is 12.5. The van der Waals surface area contributed by atoms with Gasteiger partial charge in [-0.05, 0) is 19.9 Å². The van der Waals surface area contributed by atoms with Gasteiger partial charge in [0.25, 0.3) is 5.91 Å². The number of nitrogens with zero attached hydrogens (tertiary/aromatic N) is 1. The van der Waals surface area contributed by atoms with Crippen LogP contribution in [0.1, 0.15) is 23.0 Å². The lowest BCUT2D eigenvalue weighted by molar-refractivity contribution is -0.155. The van der Waals surface area contributed by atoms with E-state index in [0.29, 0.717) is 10.6 Å². The first-order valence-corrected chi connectivity index (χ1v) is 7.07. The van der Waals surface area contributed by atoms with Crippen molar-refractivity contribution in [3.63, 3.8) is 0 Å². The average Bonchev–Trinajstić information content (AvgIpc) is 2.87. The minimum Gasteiger partial charge on any atom is -0.479 e. The maximum Gasteiger partial charge on any atom is 0.337 e. The number of aryl methyl sites for hydroxylation is 1. The van der Waals surface area contributed by atoms with Crippen LogP contribution in [0, 0.1) is 6.92 Å². The van der Waals surface area contributed by atoms with Gasteiger partial charge in [-0.15, -0.1) is 0 Å². The highest BCUT2D eigenvalue weighted by Gasteiger charge is 2.31. The number of carboxylic acids is 1. The minimum absolute atomic E-state index is 0.138. The van der Waals surface area contributed by atoms with Crippen LogP contribution in [-0.2, 0) is 4.79 Å². The van der Waals surface area contributed by atoms with Gasteiger partial charge in [0, 0.05) is 5.56 Å². The average molecular weight is 339 g/mol. The number of rotatable bonds is 5. The van der Waals surface area contributed by atoms with Crippen LogP contribution in [0.25, 0.3) is 11.3 Å². The van der Waals surface area contributed by atoms with Gasteiger partial charge in [-0.1, -0.05) is 35.0 Å². The maximum absolute atomic E-state index is 12.3. The van der Waals surface area contributed by atoms with Gasteiger partial charge in [0.15, 0.2) is 5.60 Å². The van der Waals surface area contributed by atoms with Crippen molar-refractivity contribution in [2.24, 2.45) is 0 Å². The molecule has 0 saturated carbocycles. The molecule has 0 aliphatic carbocycles. The van der Waals surface area contributed by atoms with Crippen molar-refractivity contribution < 1.29 is 24.3 Å². The van der Waals surface area contributed by atoms with E-state index in [1.165, 1.54) is 0 Å². The Hall–Kier alpha value is -2.38. The third-order valence-electron chi connectivity index (χ3n) is 3.27. The topological polar surface area (TPSA) is 113 Å². The molecule has 0 spiro atoms. The number of halogens is 1. The molecule has 0 bridgehead atoms. The number of benzene rings is 1. The van der Waals surface area contributed by atoms with E-state index >= 15 is 0 Å². The summed E-state index contributed by atoms with van der Waals surface area (Å²) < 4.78 is 5.06. The highest BCUT2D eigenvalue weighted by molar-refractivity contribution is 6.33. The second-order valence-electron chi connectivity index (χ2n) is 5.20. The number of amides is 1. The number of carbonyl (C=O) groups excluding carboxylic acids is 1. The number of aliphatic hydroxyl groups is 1. The second kappa shape index (κ2) is 6.39. The number of aliphatic carboxylic acids is 1. The van der Waals surface area contributed by atoms with Crippen LogP contribution >= 0.6 is 11.6 Å². The normalized spacial score (nSPS) is 13.4. The number of aromatic nitrogens is 1. The molecule has 23 heavy (non-hydrogen) atoms. The first kappa shape index (κ1) is 17.0. The van der Waals surface area contributed by atoms with E-state index in [2.05, 4.69) is 10.5 Å². The monoisotopic (exact) mass is 338 g/mol. The Kier molecular flexibility index (Phi) is 4.72. The molecule has 1 unspecified atom stereocenters. The van der Waals surface area contributed by atoms with Crippen molar-refractivity contribution in [3.05, 3.63) is 40.6 Å². The molecule has 7 nitrogen and oxygen atoms in total. The zero-order valence-corrected chi connectivity index (χ0v) is 13.2. The molecule has 1 aromatic heterocycles. The molecule has 0 radical (unpaired) electrons. The molecule has 2 aromatic rings. The van der Waals surface area contributed by atoms with E-state index in [1.807, 2.05) is 0 Å². The Morgan fingerprint density at radius 3 is 2.65 bits per heavy atom. The molecule has 2 rings (SSSR count). The fourth-order valence-electron chi connectivity index (χ4n) is 1.89. The van der Waals surface area contributed by atoms with Crippen LogP contribution in [0.4, 0.5) is 0 Å². The van der Waals surface area contributed by atoms with Crippen LogP contribution in [0.2, 0.25) is 5.02 Å². The van der Waals surface area contributed by atoms with Crippen molar-refractivity contribution in [2.75, 3.05) is 6.54 Å². The zero-order chi connectivity index (χ0) is 17.2. The van der Waals surface area contributed by atoms with Crippen LogP contribution < -0.4 is 5.32 Å². The van der Waals surface area contributed by atoms with Crippen LogP contribution in [0.15, 0.2) is 28.8 Å². The molecule has 0 saturated heterocycles. The first-order chi connectivity index (χ1) is 10.7. The van der Waals surface area contributed by atoms with Gasteiger partial charge >= 0.3 is 5.97 Å². The molecule has 0 aliphatic rings. The molecule has 3 N–H and O–H groups in total. The van der Waals surface area contributed by atoms with Crippen molar-refractivity contribution in [1.82, 2.24) is 10.5 Å². The Bertz CT molecular complexity index is 754. The summed E-state index contributed by atoms with van der Waals surface area (Å²) in [6.07, 6.45) is 0. The smallest absolute Gasteiger partial charge is 0.337 e. The standard InChI is InChI=1S/C15H15ClN2O5/c1-8-11(13(19)17-7-15(2,22)14(20)21)12(18-23-8)9-5-3-4-6-10(9)16/h3-6,22H,7H2,1-2H3,(H,17,19)(H,20,21). The first-order valence-electron chi connectivity index (χ1n) is 6.69. The van der Waals surface area contributed by atoms with Gasteiger partial charge < -0.3 is 20.1 Å². The SMILES string of the molecule is Cc1onc(-c2ccccc2Cl)c1C(=O)NCC(C)(O)C(=O)O.